The predicted molar refractivity (Wildman–Crippen MR) is 113 cm³/mol. The number of halogens is 1. The molecule has 0 radical (unpaired) electrons. The molecule has 160 valence electrons. The van der Waals surface area contributed by atoms with E-state index in [1.807, 2.05) is 18.2 Å². The normalized spacial score (nSPS) is 19.3. The maximum Gasteiger partial charge on any atom is 0.309 e. The topological polar surface area (TPSA) is 76.0 Å². The molecule has 2 aromatic carbocycles. The first kappa shape index (κ1) is 22.0. The second kappa shape index (κ2) is 9.87. The number of esters is 1. The predicted octanol–water partition coefficient (Wildman–Crippen LogP) is 4.07. The molecule has 3 rings (SSSR count). The van der Waals surface area contributed by atoms with Crippen molar-refractivity contribution in [2.24, 2.45) is 0 Å². The number of rotatable bonds is 7. The van der Waals surface area contributed by atoms with Gasteiger partial charge in [-0.1, -0.05) is 32.1 Å². The lowest BCUT2D eigenvalue weighted by molar-refractivity contribution is -0.156. The molecule has 1 aliphatic rings. The average Bonchev–Trinajstić information content (AvgIpc) is 2.70. The van der Waals surface area contributed by atoms with Gasteiger partial charge < -0.3 is 19.7 Å². The Hall–Kier alpha value is -2.70. The quantitative estimate of drug-likeness (QED) is 0.668. The van der Waals surface area contributed by atoms with Crippen molar-refractivity contribution in [2.75, 3.05) is 13.2 Å². The van der Waals surface area contributed by atoms with Crippen LogP contribution >= 0.6 is 0 Å². The fourth-order valence-corrected chi connectivity index (χ4v) is 3.56. The molecule has 1 saturated heterocycles. The molecule has 0 spiro atoms. The number of aliphatic hydroxyl groups excluding tert-OH is 2. The molecule has 1 fully saturated rings. The molecule has 0 amide bonds. The first-order valence-corrected chi connectivity index (χ1v) is 10.1. The third-order valence-corrected chi connectivity index (χ3v) is 4.99. The third-order valence-electron chi connectivity index (χ3n) is 4.99. The summed E-state index contributed by atoms with van der Waals surface area (Å²) in [6.45, 7) is 4.19. The monoisotopic (exact) mass is 414 g/mol. The van der Waals surface area contributed by atoms with Crippen molar-refractivity contribution >= 4 is 12.0 Å². The maximum absolute atomic E-state index is 13.5. The Labute approximate surface area is 175 Å². The minimum Gasteiger partial charge on any atom is -0.491 e. The SMILES string of the molecule is CC(C)c1cc(OCCO)cc(-c2ccc(F)cc2)c1C=C[C@@H]1C[C@@H](O)CC(=O)O1. The van der Waals surface area contributed by atoms with Gasteiger partial charge in [0, 0.05) is 6.42 Å². The Bertz CT molecular complexity index is 905. The Morgan fingerprint density at radius 1 is 1.27 bits per heavy atom. The Morgan fingerprint density at radius 3 is 2.63 bits per heavy atom. The van der Waals surface area contributed by atoms with E-state index in [1.165, 1.54) is 12.1 Å². The van der Waals surface area contributed by atoms with E-state index in [0.29, 0.717) is 12.2 Å². The van der Waals surface area contributed by atoms with Gasteiger partial charge in [-0.25, -0.2) is 4.39 Å². The Kier molecular flexibility index (Phi) is 7.24. The Balaban J connectivity index is 2.07. The first-order valence-electron chi connectivity index (χ1n) is 10.1. The van der Waals surface area contributed by atoms with E-state index in [2.05, 4.69) is 13.8 Å². The van der Waals surface area contributed by atoms with E-state index in [-0.39, 0.29) is 31.4 Å². The molecular formula is C24H27FO5. The molecule has 0 aliphatic carbocycles. The summed E-state index contributed by atoms with van der Waals surface area (Å²) in [6.07, 6.45) is 2.81. The number of carbonyl (C=O) groups is 1. The van der Waals surface area contributed by atoms with Crippen molar-refractivity contribution in [1.29, 1.82) is 0 Å². The van der Waals surface area contributed by atoms with Crippen LogP contribution in [0.15, 0.2) is 42.5 Å². The average molecular weight is 414 g/mol. The first-order chi connectivity index (χ1) is 14.4. The molecule has 2 aromatic rings. The highest BCUT2D eigenvalue weighted by Crippen LogP contribution is 2.36. The number of cyclic esters (lactones) is 1. The van der Waals surface area contributed by atoms with E-state index in [4.69, 9.17) is 14.6 Å². The van der Waals surface area contributed by atoms with Crippen LogP contribution in [0.1, 0.15) is 43.7 Å². The number of hydrogen-bond acceptors (Lipinski definition) is 5. The number of carbonyl (C=O) groups excluding carboxylic acids is 1. The van der Waals surface area contributed by atoms with Gasteiger partial charge in [0.2, 0.25) is 0 Å². The summed E-state index contributed by atoms with van der Waals surface area (Å²) in [5, 5.41) is 19.0. The zero-order valence-electron chi connectivity index (χ0n) is 17.2. The van der Waals surface area contributed by atoms with Gasteiger partial charge in [-0.15, -0.1) is 0 Å². The summed E-state index contributed by atoms with van der Waals surface area (Å²) >= 11 is 0. The van der Waals surface area contributed by atoms with Crippen LogP contribution in [0.25, 0.3) is 17.2 Å². The molecule has 0 unspecified atom stereocenters. The van der Waals surface area contributed by atoms with Gasteiger partial charge in [-0.3, -0.25) is 4.79 Å². The minimum atomic E-state index is -0.712. The second-order valence-electron chi connectivity index (χ2n) is 7.69. The van der Waals surface area contributed by atoms with Crippen molar-refractivity contribution in [3.05, 3.63) is 59.4 Å². The van der Waals surface area contributed by atoms with Crippen LogP contribution in [-0.2, 0) is 9.53 Å². The summed E-state index contributed by atoms with van der Waals surface area (Å²) < 4.78 is 24.5. The van der Waals surface area contributed by atoms with Crippen molar-refractivity contribution < 1.29 is 28.9 Å². The molecule has 0 saturated carbocycles. The molecule has 6 heteroatoms. The summed E-state index contributed by atoms with van der Waals surface area (Å²) in [7, 11) is 0. The van der Waals surface area contributed by atoms with Crippen LogP contribution < -0.4 is 4.74 Å². The van der Waals surface area contributed by atoms with E-state index < -0.39 is 18.2 Å². The van der Waals surface area contributed by atoms with E-state index in [0.717, 1.165) is 22.3 Å². The van der Waals surface area contributed by atoms with Gasteiger partial charge in [-0.05, 0) is 58.5 Å². The smallest absolute Gasteiger partial charge is 0.309 e. The number of ether oxygens (including phenoxy) is 2. The molecule has 2 atom stereocenters. The fourth-order valence-electron chi connectivity index (χ4n) is 3.56. The molecule has 0 aromatic heterocycles. The standard InChI is InChI=1S/C24H27FO5/c1-15(2)22-13-20(29-10-9-26)14-23(16-3-5-17(25)6-4-16)21(22)8-7-19-11-18(27)12-24(28)30-19/h3-8,13-15,18-19,26-27H,9-12H2,1-2H3/t18-,19-/m1/s1. The van der Waals surface area contributed by atoms with Crippen LogP contribution in [0.2, 0.25) is 0 Å². The molecule has 5 nitrogen and oxygen atoms in total. The summed E-state index contributed by atoms with van der Waals surface area (Å²) in [4.78, 5) is 11.6. The Morgan fingerprint density at radius 2 is 2.00 bits per heavy atom. The lowest BCUT2D eigenvalue weighted by Crippen LogP contribution is -2.31. The van der Waals surface area contributed by atoms with E-state index in [9.17, 15) is 14.3 Å². The summed E-state index contributed by atoms with van der Waals surface area (Å²) in [6, 6.07) is 9.99. The molecule has 1 aliphatic heterocycles. The van der Waals surface area contributed by atoms with Crippen molar-refractivity contribution in [2.45, 2.75) is 44.8 Å². The molecule has 2 N–H and O–H groups in total. The van der Waals surface area contributed by atoms with Crippen LogP contribution in [0.5, 0.6) is 5.75 Å². The summed E-state index contributed by atoms with van der Waals surface area (Å²) in [5.41, 5.74) is 3.56. The zero-order chi connectivity index (χ0) is 21.7. The van der Waals surface area contributed by atoms with Crippen molar-refractivity contribution in [1.82, 2.24) is 0 Å². The van der Waals surface area contributed by atoms with E-state index in [1.54, 1.807) is 18.2 Å². The minimum absolute atomic E-state index is 0.0132. The van der Waals surface area contributed by atoms with Gasteiger partial charge in [0.05, 0.1) is 19.1 Å². The number of hydrogen-bond donors (Lipinski definition) is 2. The maximum atomic E-state index is 13.5. The van der Waals surface area contributed by atoms with Crippen LogP contribution in [0, 0.1) is 5.82 Å². The highest BCUT2D eigenvalue weighted by atomic mass is 19.1. The third kappa shape index (κ3) is 5.46. The zero-order valence-corrected chi connectivity index (χ0v) is 17.2. The van der Waals surface area contributed by atoms with Gasteiger partial charge in [0.15, 0.2) is 0 Å². The lowest BCUT2D eigenvalue weighted by Gasteiger charge is -2.24. The largest absolute Gasteiger partial charge is 0.491 e. The second-order valence-corrected chi connectivity index (χ2v) is 7.69. The van der Waals surface area contributed by atoms with Gasteiger partial charge in [0.1, 0.15) is 24.3 Å². The summed E-state index contributed by atoms with van der Waals surface area (Å²) in [5.74, 6) is 0.0273. The van der Waals surface area contributed by atoms with Crippen molar-refractivity contribution in [3.63, 3.8) is 0 Å². The fraction of sp³-hybridized carbons (Fsp3) is 0.375. The van der Waals surface area contributed by atoms with Gasteiger partial charge in [-0.2, -0.15) is 0 Å². The number of aliphatic hydroxyl groups is 2. The molecule has 1 heterocycles. The van der Waals surface area contributed by atoms with Gasteiger partial charge >= 0.3 is 5.97 Å². The molecule has 30 heavy (non-hydrogen) atoms. The molecular weight excluding hydrogens is 387 g/mol. The van der Waals surface area contributed by atoms with Crippen LogP contribution in [-0.4, -0.2) is 41.6 Å². The van der Waals surface area contributed by atoms with Crippen LogP contribution in [0.4, 0.5) is 4.39 Å². The lowest BCUT2D eigenvalue weighted by atomic mass is 9.89. The van der Waals surface area contributed by atoms with Crippen molar-refractivity contribution in [3.8, 4) is 16.9 Å². The highest BCUT2D eigenvalue weighted by molar-refractivity contribution is 5.79. The van der Waals surface area contributed by atoms with Crippen LogP contribution in [0.3, 0.4) is 0 Å². The molecule has 0 bridgehead atoms. The van der Waals surface area contributed by atoms with Gasteiger partial charge in [0.25, 0.3) is 0 Å². The highest BCUT2D eigenvalue weighted by Gasteiger charge is 2.25. The number of benzene rings is 2. The van der Waals surface area contributed by atoms with E-state index >= 15 is 0 Å².